The Hall–Kier alpha value is -1.85. The lowest BCUT2D eigenvalue weighted by atomic mass is 10.1. The second kappa shape index (κ2) is 4.92. The molecule has 20 heavy (non-hydrogen) atoms. The number of aliphatic hydroxyl groups is 1. The van der Waals surface area contributed by atoms with Crippen molar-refractivity contribution in [1.82, 2.24) is 9.38 Å². The summed E-state index contributed by atoms with van der Waals surface area (Å²) in [5.74, 6) is 0.888. The number of hydrogen-bond acceptors (Lipinski definition) is 4. The minimum Gasteiger partial charge on any atom is -0.496 e. The second-order valence-corrected chi connectivity index (χ2v) is 5.92. The summed E-state index contributed by atoms with van der Waals surface area (Å²) >= 11 is 1.64. The Morgan fingerprint density at radius 1 is 1.35 bits per heavy atom. The zero-order chi connectivity index (χ0) is 14.3. The predicted octanol–water partition coefficient (Wildman–Crippen LogP) is 3.18. The maximum absolute atomic E-state index is 9.21. The maximum Gasteiger partial charge on any atom is 0.194 e. The van der Waals surface area contributed by atoms with Crippen molar-refractivity contribution in [2.24, 2.45) is 0 Å². The van der Waals surface area contributed by atoms with Gasteiger partial charge in [0.25, 0.3) is 0 Å². The van der Waals surface area contributed by atoms with E-state index < -0.39 is 0 Å². The van der Waals surface area contributed by atoms with E-state index in [4.69, 9.17) is 4.74 Å². The van der Waals surface area contributed by atoms with Crippen LogP contribution < -0.4 is 4.74 Å². The summed E-state index contributed by atoms with van der Waals surface area (Å²) in [6, 6.07) is 6.16. The Bertz CT molecular complexity index is 774. The molecule has 0 unspecified atom stereocenters. The van der Waals surface area contributed by atoms with Crippen LogP contribution in [0.5, 0.6) is 5.75 Å². The Labute approximate surface area is 121 Å². The van der Waals surface area contributed by atoms with Gasteiger partial charge in [-0.05, 0) is 37.6 Å². The number of aliphatic hydroxyl groups excluding tert-OH is 1. The van der Waals surface area contributed by atoms with Gasteiger partial charge in [-0.15, -0.1) is 11.3 Å². The first-order valence-corrected chi connectivity index (χ1v) is 7.19. The average molecular weight is 288 g/mol. The van der Waals surface area contributed by atoms with Gasteiger partial charge in [-0.1, -0.05) is 0 Å². The zero-order valence-corrected chi connectivity index (χ0v) is 12.5. The number of imidazole rings is 1. The van der Waals surface area contributed by atoms with Gasteiger partial charge in [0.1, 0.15) is 5.75 Å². The van der Waals surface area contributed by atoms with Crippen molar-refractivity contribution in [2.45, 2.75) is 20.5 Å². The van der Waals surface area contributed by atoms with Gasteiger partial charge in [-0.25, -0.2) is 4.98 Å². The fraction of sp³-hybridized carbons (Fsp3) is 0.267. The SMILES string of the molecule is COc1ccc(-c2c(C)sc3nc(CO)cn23)cc1C. The highest BCUT2D eigenvalue weighted by Gasteiger charge is 2.14. The van der Waals surface area contributed by atoms with Crippen LogP contribution in [0, 0.1) is 13.8 Å². The van der Waals surface area contributed by atoms with Gasteiger partial charge >= 0.3 is 0 Å². The standard InChI is InChI=1S/C15H16N2O2S/c1-9-6-11(4-5-13(9)19-3)14-10(2)20-15-16-12(8-18)7-17(14)15/h4-7,18H,8H2,1-3H3. The summed E-state index contributed by atoms with van der Waals surface area (Å²) in [4.78, 5) is 6.52. The highest BCUT2D eigenvalue weighted by atomic mass is 32.1. The topological polar surface area (TPSA) is 46.8 Å². The van der Waals surface area contributed by atoms with Crippen molar-refractivity contribution in [3.8, 4) is 17.0 Å². The van der Waals surface area contributed by atoms with Crippen LogP contribution in [-0.4, -0.2) is 21.6 Å². The van der Waals surface area contributed by atoms with Crippen LogP contribution in [0.3, 0.4) is 0 Å². The third kappa shape index (κ3) is 1.99. The molecule has 3 aromatic rings. The molecular weight excluding hydrogens is 272 g/mol. The number of aryl methyl sites for hydroxylation is 2. The molecule has 0 amide bonds. The summed E-state index contributed by atoms with van der Waals surface area (Å²) in [5.41, 5.74) is 4.06. The van der Waals surface area contributed by atoms with E-state index >= 15 is 0 Å². The summed E-state index contributed by atoms with van der Waals surface area (Å²) in [6.45, 7) is 4.09. The van der Waals surface area contributed by atoms with Crippen molar-refractivity contribution >= 4 is 16.3 Å². The molecule has 4 nitrogen and oxygen atoms in total. The van der Waals surface area contributed by atoms with Gasteiger partial charge in [0, 0.05) is 16.6 Å². The van der Waals surface area contributed by atoms with Crippen molar-refractivity contribution in [1.29, 1.82) is 0 Å². The van der Waals surface area contributed by atoms with Gasteiger partial charge in [0.2, 0.25) is 0 Å². The van der Waals surface area contributed by atoms with Gasteiger partial charge in [-0.2, -0.15) is 0 Å². The van der Waals surface area contributed by atoms with Crippen LogP contribution in [0.1, 0.15) is 16.1 Å². The molecular formula is C15H16N2O2S. The normalized spacial score (nSPS) is 11.2. The molecule has 104 valence electrons. The lowest BCUT2D eigenvalue weighted by molar-refractivity contribution is 0.277. The Morgan fingerprint density at radius 2 is 2.15 bits per heavy atom. The van der Waals surface area contributed by atoms with Crippen molar-refractivity contribution in [3.63, 3.8) is 0 Å². The Balaban J connectivity index is 2.19. The average Bonchev–Trinajstić information content (AvgIpc) is 2.94. The van der Waals surface area contributed by atoms with E-state index in [0.29, 0.717) is 5.69 Å². The van der Waals surface area contributed by atoms with Crippen molar-refractivity contribution in [3.05, 3.63) is 40.5 Å². The molecule has 2 aromatic heterocycles. The number of aromatic nitrogens is 2. The molecule has 0 saturated carbocycles. The highest BCUT2D eigenvalue weighted by Crippen LogP contribution is 2.33. The molecule has 0 bridgehead atoms. The minimum atomic E-state index is -0.0332. The first-order valence-electron chi connectivity index (χ1n) is 6.37. The van der Waals surface area contributed by atoms with Crippen molar-refractivity contribution in [2.75, 3.05) is 7.11 Å². The molecule has 0 fully saturated rings. The quantitative estimate of drug-likeness (QED) is 0.805. The van der Waals surface area contributed by atoms with Gasteiger partial charge < -0.3 is 9.84 Å². The number of ether oxygens (including phenoxy) is 1. The van der Waals surface area contributed by atoms with E-state index in [1.807, 2.05) is 23.6 Å². The number of fused-ring (bicyclic) bond motifs is 1. The molecule has 3 rings (SSSR count). The Kier molecular flexibility index (Phi) is 3.23. The fourth-order valence-electron chi connectivity index (χ4n) is 2.44. The molecule has 1 aromatic carbocycles. The molecule has 0 aliphatic carbocycles. The lowest BCUT2D eigenvalue weighted by Gasteiger charge is -2.08. The maximum atomic E-state index is 9.21. The number of nitrogens with zero attached hydrogens (tertiary/aromatic N) is 2. The number of methoxy groups -OCH3 is 1. The monoisotopic (exact) mass is 288 g/mol. The van der Waals surface area contributed by atoms with Crippen LogP contribution in [0.2, 0.25) is 0 Å². The van der Waals surface area contributed by atoms with Crippen molar-refractivity contribution < 1.29 is 9.84 Å². The number of rotatable bonds is 3. The Morgan fingerprint density at radius 3 is 2.80 bits per heavy atom. The predicted molar refractivity (Wildman–Crippen MR) is 80.5 cm³/mol. The van der Waals surface area contributed by atoms with Crippen LogP contribution >= 0.6 is 11.3 Å². The third-order valence-electron chi connectivity index (χ3n) is 3.37. The molecule has 2 heterocycles. The summed E-state index contributed by atoms with van der Waals surface area (Å²) in [6.07, 6.45) is 1.90. The first-order chi connectivity index (χ1) is 9.63. The van der Waals surface area contributed by atoms with Crippen LogP contribution in [0.15, 0.2) is 24.4 Å². The van der Waals surface area contributed by atoms with Gasteiger partial charge in [0.15, 0.2) is 4.96 Å². The van der Waals surface area contributed by atoms with Gasteiger partial charge in [-0.3, -0.25) is 4.40 Å². The highest BCUT2D eigenvalue weighted by molar-refractivity contribution is 7.17. The minimum absolute atomic E-state index is 0.0332. The molecule has 0 aliphatic rings. The zero-order valence-electron chi connectivity index (χ0n) is 11.7. The summed E-state index contributed by atoms with van der Waals surface area (Å²) < 4.78 is 7.36. The molecule has 0 radical (unpaired) electrons. The first kappa shape index (κ1) is 13.1. The summed E-state index contributed by atoms with van der Waals surface area (Å²) in [5, 5.41) is 9.21. The third-order valence-corrected chi connectivity index (χ3v) is 4.34. The largest absolute Gasteiger partial charge is 0.496 e. The van der Waals surface area contributed by atoms with E-state index in [-0.39, 0.29) is 6.61 Å². The van der Waals surface area contributed by atoms with E-state index in [9.17, 15) is 5.11 Å². The van der Waals surface area contributed by atoms with Crippen LogP contribution in [-0.2, 0) is 6.61 Å². The number of hydrogen-bond donors (Lipinski definition) is 1. The van der Waals surface area contributed by atoms with Gasteiger partial charge in [0.05, 0.1) is 25.1 Å². The van der Waals surface area contributed by atoms with E-state index in [1.165, 1.54) is 4.88 Å². The molecule has 1 N–H and O–H groups in total. The second-order valence-electron chi connectivity index (χ2n) is 4.73. The van der Waals surface area contributed by atoms with E-state index in [2.05, 4.69) is 24.0 Å². The van der Waals surface area contributed by atoms with Crippen LogP contribution in [0.25, 0.3) is 16.2 Å². The molecule has 0 aliphatic heterocycles. The number of thiazole rings is 1. The molecule has 0 atom stereocenters. The molecule has 0 saturated heterocycles. The van der Waals surface area contributed by atoms with Crippen LogP contribution in [0.4, 0.5) is 0 Å². The van der Waals surface area contributed by atoms with E-state index in [1.54, 1.807) is 18.4 Å². The van der Waals surface area contributed by atoms with E-state index in [0.717, 1.165) is 27.5 Å². The lowest BCUT2D eigenvalue weighted by Crippen LogP contribution is -1.91. The summed E-state index contributed by atoms with van der Waals surface area (Å²) in [7, 11) is 1.68. The molecule has 5 heteroatoms. The number of benzene rings is 1. The smallest absolute Gasteiger partial charge is 0.194 e. The molecule has 0 spiro atoms. The fourth-order valence-corrected chi connectivity index (χ4v) is 3.43.